The van der Waals surface area contributed by atoms with Crippen molar-refractivity contribution in [3.8, 4) is 17.1 Å². The summed E-state index contributed by atoms with van der Waals surface area (Å²) >= 11 is 0. The minimum atomic E-state index is -4.57. The fourth-order valence-electron chi connectivity index (χ4n) is 3.72. The van der Waals surface area contributed by atoms with E-state index < -0.39 is 30.3 Å². The average Bonchev–Trinajstić information content (AvgIpc) is 3.32. The van der Waals surface area contributed by atoms with Gasteiger partial charge in [-0.2, -0.15) is 13.2 Å². The molecule has 1 aliphatic carbocycles. The molecule has 1 aromatic carbocycles. The summed E-state index contributed by atoms with van der Waals surface area (Å²) in [6, 6.07) is 10.3. The lowest BCUT2D eigenvalue weighted by Gasteiger charge is -2.27. The number of halogens is 3. The molecule has 2 aromatic heterocycles. The monoisotopic (exact) mass is 417 g/mol. The second kappa shape index (κ2) is 7.85. The van der Waals surface area contributed by atoms with Crippen molar-refractivity contribution in [3.05, 3.63) is 61.4 Å². The molecule has 30 heavy (non-hydrogen) atoms. The van der Waals surface area contributed by atoms with Crippen molar-refractivity contribution in [1.82, 2.24) is 4.98 Å². The molecule has 0 aliphatic heterocycles. The van der Waals surface area contributed by atoms with E-state index in [1.807, 2.05) is 12.1 Å². The minimum Gasteiger partial charge on any atom is -0.489 e. The number of aromatic nitrogens is 1. The Morgan fingerprint density at radius 3 is 2.70 bits per heavy atom. The lowest BCUT2D eigenvalue weighted by Crippen LogP contribution is -2.41. The van der Waals surface area contributed by atoms with Gasteiger partial charge >= 0.3 is 12.1 Å². The largest absolute Gasteiger partial charge is 0.489 e. The van der Waals surface area contributed by atoms with Crippen molar-refractivity contribution < 1.29 is 31.9 Å². The molecule has 3 aromatic rings. The van der Waals surface area contributed by atoms with Crippen LogP contribution in [0.15, 0.2) is 65.9 Å². The predicted molar refractivity (Wildman–Crippen MR) is 103 cm³/mol. The zero-order chi connectivity index (χ0) is 21.3. The summed E-state index contributed by atoms with van der Waals surface area (Å²) < 4.78 is 57.3. The van der Waals surface area contributed by atoms with E-state index in [0.29, 0.717) is 11.3 Å². The number of esters is 1. The summed E-state index contributed by atoms with van der Waals surface area (Å²) in [7, 11) is 0. The Morgan fingerprint density at radius 2 is 2.00 bits per heavy atom. The number of rotatable bonds is 5. The highest BCUT2D eigenvalue weighted by Crippen LogP contribution is 2.43. The van der Waals surface area contributed by atoms with Crippen LogP contribution in [0.1, 0.15) is 12.8 Å². The van der Waals surface area contributed by atoms with Gasteiger partial charge in [0.05, 0.1) is 0 Å². The Bertz CT molecular complexity index is 1060. The number of pyridine rings is 1. The summed E-state index contributed by atoms with van der Waals surface area (Å²) in [6.45, 7) is 3.23. The van der Waals surface area contributed by atoms with Crippen LogP contribution in [0.5, 0.6) is 5.75 Å². The molecule has 0 radical (unpaired) electrons. The minimum absolute atomic E-state index is 0.0581. The van der Waals surface area contributed by atoms with Crippen molar-refractivity contribution in [2.24, 2.45) is 5.92 Å². The molecule has 0 bridgehead atoms. The maximum atomic E-state index is 13.6. The molecule has 1 aliphatic rings. The van der Waals surface area contributed by atoms with Gasteiger partial charge in [0, 0.05) is 35.5 Å². The van der Waals surface area contributed by atoms with Crippen LogP contribution in [0.3, 0.4) is 0 Å². The van der Waals surface area contributed by atoms with Crippen LogP contribution >= 0.6 is 0 Å². The van der Waals surface area contributed by atoms with Crippen LogP contribution in [0.2, 0.25) is 0 Å². The molecule has 8 heteroatoms. The van der Waals surface area contributed by atoms with Crippen LogP contribution in [0, 0.1) is 5.92 Å². The van der Waals surface area contributed by atoms with Crippen LogP contribution in [-0.2, 0) is 9.53 Å². The lowest BCUT2D eigenvalue weighted by molar-refractivity contribution is -0.214. The second-order valence-corrected chi connectivity index (χ2v) is 7.03. The first-order valence-electron chi connectivity index (χ1n) is 9.35. The van der Waals surface area contributed by atoms with Crippen LogP contribution < -0.4 is 4.74 Å². The number of nitrogens with zero attached hydrogens (tertiary/aromatic N) is 1. The standard InChI is InChI=1S/C22H18F3NO4/c1-2-20(27)30-17-8-7-16(21(17)22(23,24)25)28-15-6-5-13-10-18(29-19(13)11-15)14-4-3-9-26-12-14/h2-6,9-12,16-17,21H,1,7-8H2. The third-order valence-corrected chi connectivity index (χ3v) is 5.07. The summed E-state index contributed by atoms with van der Waals surface area (Å²) in [5.74, 6) is -1.94. The first-order chi connectivity index (χ1) is 14.3. The molecule has 3 atom stereocenters. The maximum Gasteiger partial charge on any atom is 0.398 e. The Labute approximate surface area is 170 Å². The molecule has 0 N–H and O–H groups in total. The van der Waals surface area contributed by atoms with Gasteiger partial charge in [0.2, 0.25) is 0 Å². The van der Waals surface area contributed by atoms with E-state index in [4.69, 9.17) is 13.9 Å². The zero-order valence-electron chi connectivity index (χ0n) is 15.8. The molecular weight excluding hydrogens is 399 g/mol. The third-order valence-electron chi connectivity index (χ3n) is 5.07. The van der Waals surface area contributed by atoms with Gasteiger partial charge in [-0.1, -0.05) is 6.58 Å². The van der Waals surface area contributed by atoms with Gasteiger partial charge in [-0.05, 0) is 43.2 Å². The molecule has 3 unspecified atom stereocenters. The number of hydrogen-bond acceptors (Lipinski definition) is 5. The third kappa shape index (κ3) is 4.03. The molecule has 0 amide bonds. The van der Waals surface area contributed by atoms with E-state index in [2.05, 4.69) is 11.6 Å². The number of alkyl halides is 3. The number of carbonyl (C=O) groups excluding carboxylic acids is 1. The maximum absolute atomic E-state index is 13.6. The van der Waals surface area contributed by atoms with E-state index in [0.717, 1.165) is 17.0 Å². The van der Waals surface area contributed by atoms with Gasteiger partial charge in [-0.25, -0.2) is 4.79 Å². The average molecular weight is 417 g/mol. The van der Waals surface area contributed by atoms with Gasteiger partial charge in [0.15, 0.2) is 0 Å². The SMILES string of the molecule is C=CC(=O)OC1CCC(Oc2ccc3cc(-c4cccnc4)oc3c2)C1C(F)(F)F. The highest BCUT2D eigenvalue weighted by molar-refractivity contribution is 5.84. The van der Waals surface area contributed by atoms with Crippen molar-refractivity contribution in [2.75, 3.05) is 0 Å². The van der Waals surface area contributed by atoms with Crippen molar-refractivity contribution in [2.45, 2.75) is 31.2 Å². The number of benzene rings is 1. The van der Waals surface area contributed by atoms with E-state index in [9.17, 15) is 18.0 Å². The number of ether oxygens (including phenoxy) is 2. The quantitative estimate of drug-likeness (QED) is 0.416. The Morgan fingerprint density at radius 1 is 1.20 bits per heavy atom. The summed E-state index contributed by atoms with van der Waals surface area (Å²) in [4.78, 5) is 15.5. The molecule has 5 nitrogen and oxygen atoms in total. The van der Waals surface area contributed by atoms with Gasteiger partial charge in [0.1, 0.15) is 35.2 Å². The smallest absolute Gasteiger partial charge is 0.398 e. The number of hydrogen-bond donors (Lipinski definition) is 0. The van der Waals surface area contributed by atoms with Crippen LogP contribution in [0.4, 0.5) is 13.2 Å². The second-order valence-electron chi connectivity index (χ2n) is 7.03. The highest BCUT2D eigenvalue weighted by atomic mass is 19.4. The summed E-state index contributed by atoms with van der Waals surface area (Å²) in [5.41, 5.74) is 1.28. The van der Waals surface area contributed by atoms with Gasteiger partial charge in [0.25, 0.3) is 0 Å². The Hall–Kier alpha value is -3.29. The van der Waals surface area contributed by atoms with Crippen molar-refractivity contribution in [1.29, 1.82) is 0 Å². The molecule has 4 rings (SSSR count). The van der Waals surface area contributed by atoms with E-state index >= 15 is 0 Å². The van der Waals surface area contributed by atoms with Crippen molar-refractivity contribution in [3.63, 3.8) is 0 Å². The molecular formula is C22H18F3NO4. The number of furan rings is 1. The lowest BCUT2D eigenvalue weighted by atomic mass is 10.0. The molecule has 1 saturated carbocycles. The van der Waals surface area contributed by atoms with Gasteiger partial charge < -0.3 is 13.9 Å². The Balaban J connectivity index is 1.56. The molecule has 156 valence electrons. The fourth-order valence-corrected chi connectivity index (χ4v) is 3.72. The highest BCUT2D eigenvalue weighted by Gasteiger charge is 2.55. The molecule has 1 fully saturated rings. The number of carbonyl (C=O) groups is 1. The number of fused-ring (bicyclic) bond motifs is 1. The zero-order valence-corrected chi connectivity index (χ0v) is 15.8. The van der Waals surface area contributed by atoms with Gasteiger partial charge in [-0.3, -0.25) is 4.98 Å². The van der Waals surface area contributed by atoms with Gasteiger partial charge in [-0.15, -0.1) is 0 Å². The molecule has 2 heterocycles. The van der Waals surface area contributed by atoms with Crippen LogP contribution in [-0.4, -0.2) is 29.3 Å². The topological polar surface area (TPSA) is 61.6 Å². The summed E-state index contributed by atoms with van der Waals surface area (Å²) in [6.07, 6.45) is -2.72. The van der Waals surface area contributed by atoms with Crippen molar-refractivity contribution >= 4 is 16.9 Å². The molecule has 0 spiro atoms. The predicted octanol–water partition coefficient (Wildman–Crippen LogP) is 5.31. The first-order valence-corrected chi connectivity index (χ1v) is 9.35. The fraction of sp³-hybridized carbons (Fsp3) is 0.273. The molecule has 0 saturated heterocycles. The van der Waals surface area contributed by atoms with E-state index in [1.54, 1.807) is 36.7 Å². The normalized spacial score (nSPS) is 21.5. The summed E-state index contributed by atoms with van der Waals surface area (Å²) in [5, 5.41) is 0.790. The van der Waals surface area contributed by atoms with E-state index in [-0.39, 0.29) is 18.6 Å². The van der Waals surface area contributed by atoms with Crippen LogP contribution in [0.25, 0.3) is 22.3 Å². The van der Waals surface area contributed by atoms with E-state index in [1.165, 1.54) is 0 Å². The first kappa shape index (κ1) is 20.0. The Kier molecular flexibility index (Phi) is 5.24.